The standard InChI is InChI=1S/C14H23NO/c1-5-10-15-11-12-6-8-13(9-7-12)16-14(2,3)4/h6-9,15H,5,10-11H2,1-4H3. The second kappa shape index (κ2) is 5.90. The van der Waals surface area contributed by atoms with Crippen LogP contribution in [-0.4, -0.2) is 12.1 Å². The second-order valence-corrected chi connectivity index (χ2v) is 5.04. The first kappa shape index (κ1) is 13.0. The van der Waals surface area contributed by atoms with Gasteiger partial charge in [-0.2, -0.15) is 0 Å². The van der Waals surface area contributed by atoms with Gasteiger partial charge >= 0.3 is 0 Å². The highest BCUT2D eigenvalue weighted by Crippen LogP contribution is 2.18. The molecule has 0 saturated carbocycles. The minimum atomic E-state index is -0.123. The highest BCUT2D eigenvalue weighted by atomic mass is 16.5. The van der Waals surface area contributed by atoms with Crippen LogP contribution in [0.5, 0.6) is 5.75 Å². The Kier molecular flexibility index (Phi) is 4.81. The molecule has 16 heavy (non-hydrogen) atoms. The Balaban J connectivity index is 2.48. The van der Waals surface area contributed by atoms with Crippen LogP contribution in [0.4, 0.5) is 0 Å². The summed E-state index contributed by atoms with van der Waals surface area (Å²) < 4.78 is 5.76. The van der Waals surface area contributed by atoms with Crippen LogP contribution in [-0.2, 0) is 6.54 Å². The van der Waals surface area contributed by atoms with Crippen LogP contribution in [0.3, 0.4) is 0 Å². The van der Waals surface area contributed by atoms with E-state index in [1.165, 1.54) is 12.0 Å². The fourth-order valence-electron chi connectivity index (χ4n) is 1.44. The lowest BCUT2D eigenvalue weighted by Crippen LogP contribution is -2.22. The zero-order valence-electron chi connectivity index (χ0n) is 10.8. The summed E-state index contributed by atoms with van der Waals surface area (Å²) in [6, 6.07) is 8.30. The van der Waals surface area contributed by atoms with Gasteiger partial charge in [0.15, 0.2) is 0 Å². The van der Waals surface area contributed by atoms with Gasteiger partial charge in [-0.3, -0.25) is 0 Å². The van der Waals surface area contributed by atoms with Crippen molar-refractivity contribution in [1.29, 1.82) is 0 Å². The van der Waals surface area contributed by atoms with E-state index in [2.05, 4.69) is 45.1 Å². The Bertz CT molecular complexity index is 298. The van der Waals surface area contributed by atoms with Crippen molar-refractivity contribution in [3.8, 4) is 5.75 Å². The predicted molar refractivity (Wildman–Crippen MR) is 68.8 cm³/mol. The molecule has 0 radical (unpaired) electrons. The summed E-state index contributed by atoms with van der Waals surface area (Å²) in [5.41, 5.74) is 1.18. The summed E-state index contributed by atoms with van der Waals surface area (Å²) in [7, 11) is 0. The number of hydrogen-bond donors (Lipinski definition) is 1. The molecular formula is C14H23NO. The van der Waals surface area contributed by atoms with Gasteiger partial charge in [-0.25, -0.2) is 0 Å². The van der Waals surface area contributed by atoms with E-state index >= 15 is 0 Å². The smallest absolute Gasteiger partial charge is 0.120 e. The molecule has 0 aliphatic carbocycles. The summed E-state index contributed by atoms with van der Waals surface area (Å²) >= 11 is 0. The molecule has 0 spiro atoms. The van der Waals surface area contributed by atoms with Gasteiger partial charge in [0.2, 0.25) is 0 Å². The Hall–Kier alpha value is -1.02. The van der Waals surface area contributed by atoms with E-state index in [4.69, 9.17) is 4.74 Å². The Labute approximate surface area is 99.0 Å². The Morgan fingerprint density at radius 1 is 1.12 bits per heavy atom. The lowest BCUT2D eigenvalue weighted by molar-refractivity contribution is 0.131. The van der Waals surface area contributed by atoms with E-state index in [1.807, 2.05) is 12.1 Å². The monoisotopic (exact) mass is 221 g/mol. The van der Waals surface area contributed by atoms with Crippen LogP contribution >= 0.6 is 0 Å². The molecule has 1 aromatic rings. The van der Waals surface area contributed by atoms with E-state index in [0.29, 0.717) is 0 Å². The molecule has 0 aromatic heterocycles. The maximum atomic E-state index is 5.76. The van der Waals surface area contributed by atoms with Crippen LogP contribution in [0.25, 0.3) is 0 Å². The van der Waals surface area contributed by atoms with Crippen LogP contribution in [0, 0.1) is 0 Å². The zero-order valence-corrected chi connectivity index (χ0v) is 10.8. The lowest BCUT2D eigenvalue weighted by Gasteiger charge is -2.21. The number of hydrogen-bond acceptors (Lipinski definition) is 2. The second-order valence-electron chi connectivity index (χ2n) is 5.04. The van der Waals surface area contributed by atoms with Crippen molar-refractivity contribution in [3.63, 3.8) is 0 Å². The van der Waals surface area contributed by atoms with Gasteiger partial charge in [0.05, 0.1) is 0 Å². The highest BCUT2D eigenvalue weighted by Gasteiger charge is 2.11. The van der Waals surface area contributed by atoms with Crippen molar-refractivity contribution in [2.45, 2.75) is 46.3 Å². The van der Waals surface area contributed by atoms with Crippen LogP contribution < -0.4 is 10.1 Å². The SMILES string of the molecule is CCCNCc1ccc(OC(C)(C)C)cc1. The molecule has 2 nitrogen and oxygen atoms in total. The van der Waals surface area contributed by atoms with E-state index in [0.717, 1.165) is 18.8 Å². The van der Waals surface area contributed by atoms with Crippen molar-refractivity contribution in [3.05, 3.63) is 29.8 Å². The topological polar surface area (TPSA) is 21.3 Å². The molecule has 0 bridgehead atoms. The number of nitrogens with one attached hydrogen (secondary N) is 1. The maximum Gasteiger partial charge on any atom is 0.120 e. The molecule has 90 valence electrons. The molecule has 0 heterocycles. The average molecular weight is 221 g/mol. The van der Waals surface area contributed by atoms with Crippen molar-refractivity contribution < 1.29 is 4.74 Å². The molecule has 1 N–H and O–H groups in total. The lowest BCUT2D eigenvalue weighted by atomic mass is 10.1. The predicted octanol–water partition coefficient (Wildman–Crippen LogP) is 3.36. The van der Waals surface area contributed by atoms with Gasteiger partial charge in [0.25, 0.3) is 0 Å². The number of ether oxygens (including phenoxy) is 1. The fraction of sp³-hybridized carbons (Fsp3) is 0.571. The maximum absolute atomic E-state index is 5.76. The molecule has 0 saturated heterocycles. The summed E-state index contributed by atoms with van der Waals surface area (Å²) in [4.78, 5) is 0. The molecule has 0 aliphatic rings. The highest BCUT2D eigenvalue weighted by molar-refractivity contribution is 5.27. The van der Waals surface area contributed by atoms with E-state index in [-0.39, 0.29) is 5.60 Å². The van der Waals surface area contributed by atoms with Gasteiger partial charge in [0, 0.05) is 6.54 Å². The summed E-state index contributed by atoms with van der Waals surface area (Å²) in [6.07, 6.45) is 1.17. The van der Waals surface area contributed by atoms with E-state index < -0.39 is 0 Å². The quantitative estimate of drug-likeness (QED) is 0.770. The van der Waals surface area contributed by atoms with Gasteiger partial charge in [-0.05, 0) is 51.4 Å². The summed E-state index contributed by atoms with van der Waals surface area (Å²) in [5, 5.41) is 3.38. The summed E-state index contributed by atoms with van der Waals surface area (Å²) in [5.74, 6) is 0.937. The third kappa shape index (κ3) is 5.17. The minimum absolute atomic E-state index is 0.123. The molecule has 0 aliphatic heterocycles. The Morgan fingerprint density at radius 2 is 1.75 bits per heavy atom. The largest absolute Gasteiger partial charge is 0.488 e. The first-order valence-electron chi connectivity index (χ1n) is 6.00. The first-order valence-corrected chi connectivity index (χ1v) is 6.00. The van der Waals surface area contributed by atoms with Crippen molar-refractivity contribution in [1.82, 2.24) is 5.32 Å². The van der Waals surface area contributed by atoms with Gasteiger partial charge in [-0.15, -0.1) is 0 Å². The van der Waals surface area contributed by atoms with Crippen LogP contribution in [0.2, 0.25) is 0 Å². The zero-order chi connectivity index (χ0) is 12.0. The van der Waals surface area contributed by atoms with Crippen molar-refractivity contribution in [2.24, 2.45) is 0 Å². The molecule has 0 fully saturated rings. The molecule has 1 aromatic carbocycles. The molecule has 0 atom stereocenters. The molecule has 1 rings (SSSR count). The average Bonchev–Trinajstić information content (AvgIpc) is 2.19. The Morgan fingerprint density at radius 3 is 2.25 bits per heavy atom. The normalized spacial score (nSPS) is 11.5. The third-order valence-corrected chi connectivity index (χ3v) is 2.10. The van der Waals surface area contributed by atoms with Gasteiger partial charge < -0.3 is 10.1 Å². The van der Waals surface area contributed by atoms with Crippen LogP contribution in [0.15, 0.2) is 24.3 Å². The molecular weight excluding hydrogens is 198 g/mol. The number of benzene rings is 1. The van der Waals surface area contributed by atoms with Crippen molar-refractivity contribution in [2.75, 3.05) is 6.54 Å². The number of rotatable bonds is 5. The first-order chi connectivity index (χ1) is 7.51. The third-order valence-electron chi connectivity index (χ3n) is 2.10. The molecule has 0 unspecified atom stereocenters. The molecule has 2 heteroatoms. The van der Waals surface area contributed by atoms with E-state index in [1.54, 1.807) is 0 Å². The van der Waals surface area contributed by atoms with E-state index in [9.17, 15) is 0 Å². The molecule has 0 amide bonds. The minimum Gasteiger partial charge on any atom is -0.488 e. The van der Waals surface area contributed by atoms with Gasteiger partial charge in [-0.1, -0.05) is 19.1 Å². The van der Waals surface area contributed by atoms with Crippen LogP contribution in [0.1, 0.15) is 39.7 Å². The van der Waals surface area contributed by atoms with Crippen molar-refractivity contribution >= 4 is 0 Å². The summed E-state index contributed by atoms with van der Waals surface area (Å²) in [6.45, 7) is 10.4. The van der Waals surface area contributed by atoms with Gasteiger partial charge in [0.1, 0.15) is 11.4 Å². The fourth-order valence-corrected chi connectivity index (χ4v) is 1.44.